The molecule has 0 bridgehead atoms. The van der Waals surface area contributed by atoms with Gasteiger partial charge in [-0.15, -0.1) is 0 Å². The number of aliphatic carboxylic acids is 1. The fourth-order valence-electron chi connectivity index (χ4n) is 1.57. The molecule has 1 aromatic rings. The maximum atomic E-state index is 12.0. The molecule has 1 unspecified atom stereocenters. The SMILES string of the molecule is CC(CS(=O)(=O)c1ccc2c(c1)OCO2)C(=O)O. The van der Waals surface area contributed by atoms with Crippen molar-refractivity contribution in [1.29, 1.82) is 0 Å². The molecular weight excluding hydrogens is 260 g/mol. The lowest BCUT2D eigenvalue weighted by molar-refractivity contribution is -0.140. The molecule has 0 spiro atoms. The Bertz CT molecular complexity index is 577. The highest BCUT2D eigenvalue weighted by Crippen LogP contribution is 2.34. The summed E-state index contributed by atoms with van der Waals surface area (Å²) in [5.41, 5.74) is 0. The number of rotatable bonds is 4. The lowest BCUT2D eigenvalue weighted by Crippen LogP contribution is -2.21. The summed E-state index contributed by atoms with van der Waals surface area (Å²) in [5.74, 6) is -1.69. The third-order valence-corrected chi connectivity index (χ3v) is 4.51. The summed E-state index contributed by atoms with van der Waals surface area (Å²) < 4.78 is 34.1. The number of hydrogen-bond acceptors (Lipinski definition) is 5. The second kappa shape index (κ2) is 4.49. The van der Waals surface area contributed by atoms with Crippen molar-refractivity contribution in [2.75, 3.05) is 12.5 Å². The number of fused-ring (bicyclic) bond motifs is 1. The van der Waals surface area contributed by atoms with Gasteiger partial charge in [0.05, 0.1) is 16.6 Å². The van der Waals surface area contributed by atoms with E-state index >= 15 is 0 Å². The molecule has 18 heavy (non-hydrogen) atoms. The van der Waals surface area contributed by atoms with E-state index in [1.807, 2.05) is 0 Å². The minimum Gasteiger partial charge on any atom is -0.481 e. The van der Waals surface area contributed by atoms with E-state index in [1.165, 1.54) is 25.1 Å². The maximum Gasteiger partial charge on any atom is 0.307 e. The molecule has 98 valence electrons. The molecule has 6 nitrogen and oxygen atoms in total. The molecule has 0 saturated carbocycles. The summed E-state index contributed by atoms with van der Waals surface area (Å²) in [6, 6.07) is 4.24. The van der Waals surface area contributed by atoms with Crippen molar-refractivity contribution < 1.29 is 27.8 Å². The van der Waals surface area contributed by atoms with Crippen LogP contribution in [-0.2, 0) is 14.6 Å². The standard InChI is InChI=1S/C11H12O6S/c1-7(11(12)13)5-18(14,15)8-2-3-9-10(4-8)17-6-16-9/h2-4,7H,5-6H2,1H3,(H,12,13). The van der Waals surface area contributed by atoms with Crippen LogP contribution in [0.1, 0.15) is 6.92 Å². The van der Waals surface area contributed by atoms with Crippen LogP contribution in [-0.4, -0.2) is 32.0 Å². The Kier molecular flexibility index (Phi) is 3.16. The number of ether oxygens (including phenoxy) is 2. The largest absolute Gasteiger partial charge is 0.481 e. The van der Waals surface area contributed by atoms with Crippen molar-refractivity contribution in [3.05, 3.63) is 18.2 Å². The number of carbonyl (C=O) groups is 1. The molecular formula is C11H12O6S. The molecule has 0 saturated heterocycles. The third kappa shape index (κ3) is 2.40. The van der Waals surface area contributed by atoms with Gasteiger partial charge < -0.3 is 14.6 Å². The number of hydrogen-bond donors (Lipinski definition) is 1. The Morgan fingerprint density at radius 2 is 2.06 bits per heavy atom. The van der Waals surface area contributed by atoms with Crippen LogP contribution in [0.5, 0.6) is 11.5 Å². The van der Waals surface area contributed by atoms with Gasteiger partial charge in [0.15, 0.2) is 21.3 Å². The van der Waals surface area contributed by atoms with E-state index in [0.29, 0.717) is 11.5 Å². The van der Waals surface area contributed by atoms with E-state index in [0.717, 1.165) is 0 Å². The van der Waals surface area contributed by atoms with Gasteiger partial charge in [-0.3, -0.25) is 4.79 Å². The predicted molar refractivity (Wildman–Crippen MR) is 61.4 cm³/mol. The molecule has 1 atom stereocenters. The van der Waals surface area contributed by atoms with Gasteiger partial charge in [0, 0.05) is 6.07 Å². The Hall–Kier alpha value is -1.76. The third-order valence-electron chi connectivity index (χ3n) is 2.59. The van der Waals surface area contributed by atoms with Crippen LogP contribution in [0, 0.1) is 5.92 Å². The van der Waals surface area contributed by atoms with Crippen LogP contribution in [0.2, 0.25) is 0 Å². The lowest BCUT2D eigenvalue weighted by Gasteiger charge is -2.08. The van der Waals surface area contributed by atoms with Crippen molar-refractivity contribution in [3.8, 4) is 11.5 Å². The fraction of sp³-hybridized carbons (Fsp3) is 0.364. The first-order valence-electron chi connectivity index (χ1n) is 5.25. The molecule has 1 heterocycles. The first-order chi connectivity index (χ1) is 8.40. The fourth-order valence-corrected chi connectivity index (χ4v) is 3.12. The van der Waals surface area contributed by atoms with Crippen molar-refractivity contribution in [2.24, 2.45) is 5.92 Å². The van der Waals surface area contributed by atoms with E-state index in [9.17, 15) is 13.2 Å². The summed E-state index contributed by atoms with van der Waals surface area (Å²) in [4.78, 5) is 10.7. The van der Waals surface area contributed by atoms with Gasteiger partial charge in [-0.05, 0) is 12.1 Å². The van der Waals surface area contributed by atoms with Gasteiger partial charge >= 0.3 is 5.97 Å². The van der Waals surface area contributed by atoms with Gasteiger partial charge in [0.2, 0.25) is 6.79 Å². The highest BCUT2D eigenvalue weighted by molar-refractivity contribution is 7.91. The molecule has 0 fully saturated rings. The van der Waals surface area contributed by atoms with Gasteiger partial charge in [0.1, 0.15) is 0 Å². The first-order valence-corrected chi connectivity index (χ1v) is 6.90. The topological polar surface area (TPSA) is 89.9 Å². The average Bonchev–Trinajstić information content (AvgIpc) is 2.74. The van der Waals surface area contributed by atoms with Crippen molar-refractivity contribution >= 4 is 15.8 Å². The molecule has 0 amide bonds. The minimum absolute atomic E-state index is 0.0415. The number of carboxylic acids is 1. The quantitative estimate of drug-likeness (QED) is 0.876. The van der Waals surface area contributed by atoms with E-state index in [4.69, 9.17) is 14.6 Å². The predicted octanol–water partition coefficient (Wildman–Crippen LogP) is 0.910. The molecule has 0 aromatic heterocycles. The van der Waals surface area contributed by atoms with E-state index in [2.05, 4.69) is 0 Å². The van der Waals surface area contributed by atoms with Gasteiger partial charge in [0.25, 0.3) is 0 Å². The molecule has 1 aliphatic rings. The van der Waals surface area contributed by atoms with Crippen molar-refractivity contribution in [1.82, 2.24) is 0 Å². The Labute approximate surface area is 104 Å². The van der Waals surface area contributed by atoms with Crippen molar-refractivity contribution in [3.63, 3.8) is 0 Å². The zero-order chi connectivity index (χ0) is 13.3. The lowest BCUT2D eigenvalue weighted by atomic mass is 10.2. The summed E-state index contributed by atoms with van der Waals surface area (Å²) in [6.07, 6.45) is 0. The zero-order valence-electron chi connectivity index (χ0n) is 9.62. The second-order valence-electron chi connectivity index (χ2n) is 4.04. The summed E-state index contributed by atoms with van der Waals surface area (Å²) >= 11 is 0. The Morgan fingerprint density at radius 1 is 1.39 bits per heavy atom. The number of sulfone groups is 1. The molecule has 2 rings (SSSR count). The van der Waals surface area contributed by atoms with Gasteiger partial charge in [-0.25, -0.2) is 8.42 Å². The van der Waals surface area contributed by atoms with Crippen LogP contribution in [0.3, 0.4) is 0 Å². The normalized spacial score (nSPS) is 15.4. The van der Waals surface area contributed by atoms with Gasteiger partial charge in [-0.1, -0.05) is 6.92 Å². The summed E-state index contributed by atoms with van der Waals surface area (Å²) in [6.45, 7) is 1.41. The van der Waals surface area contributed by atoms with Crippen LogP contribution in [0.25, 0.3) is 0 Å². The zero-order valence-corrected chi connectivity index (χ0v) is 10.4. The molecule has 1 N–H and O–H groups in total. The summed E-state index contributed by atoms with van der Waals surface area (Å²) in [7, 11) is -3.64. The minimum atomic E-state index is -3.64. The van der Waals surface area contributed by atoms with E-state index in [-0.39, 0.29) is 11.7 Å². The highest BCUT2D eigenvalue weighted by Gasteiger charge is 2.25. The van der Waals surface area contributed by atoms with E-state index < -0.39 is 27.5 Å². The van der Waals surface area contributed by atoms with Gasteiger partial charge in [-0.2, -0.15) is 0 Å². The second-order valence-corrected chi connectivity index (χ2v) is 6.07. The van der Waals surface area contributed by atoms with Crippen molar-refractivity contribution in [2.45, 2.75) is 11.8 Å². The molecule has 0 aliphatic carbocycles. The summed E-state index contributed by atoms with van der Waals surface area (Å²) in [5, 5.41) is 8.74. The Morgan fingerprint density at radius 3 is 2.72 bits per heavy atom. The highest BCUT2D eigenvalue weighted by atomic mass is 32.2. The first kappa shape index (κ1) is 12.7. The maximum absolute atomic E-state index is 12.0. The average molecular weight is 272 g/mol. The molecule has 1 aromatic carbocycles. The van der Waals surface area contributed by atoms with E-state index in [1.54, 1.807) is 0 Å². The number of benzene rings is 1. The van der Waals surface area contributed by atoms with Crippen LogP contribution >= 0.6 is 0 Å². The Balaban J connectivity index is 2.28. The number of carboxylic acid groups (broad SMARTS) is 1. The molecule has 0 radical (unpaired) electrons. The molecule has 1 aliphatic heterocycles. The smallest absolute Gasteiger partial charge is 0.307 e. The van der Waals surface area contributed by atoms with Crippen LogP contribution < -0.4 is 9.47 Å². The monoisotopic (exact) mass is 272 g/mol. The van der Waals surface area contributed by atoms with Crippen LogP contribution in [0.4, 0.5) is 0 Å². The molecule has 7 heteroatoms. The van der Waals surface area contributed by atoms with Crippen LogP contribution in [0.15, 0.2) is 23.1 Å².